The summed E-state index contributed by atoms with van der Waals surface area (Å²) in [4.78, 5) is 13.0. The molecule has 5 nitrogen and oxygen atoms in total. The first-order valence-electron chi connectivity index (χ1n) is 8.14. The summed E-state index contributed by atoms with van der Waals surface area (Å²) in [5, 5.41) is 4.35. The van der Waals surface area contributed by atoms with Gasteiger partial charge in [0.25, 0.3) is 0 Å². The van der Waals surface area contributed by atoms with Crippen molar-refractivity contribution >= 4 is 44.0 Å². The van der Waals surface area contributed by atoms with Crippen LogP contribution in [0.1, 0.15) is 19.4 Å². The van der Waals surface area contributed by atoms with E-state index in [4.69, 9.17) is 4.74 Å². The van der Waals surface area contributed by atoms with Crippen LogP contribution < -0.4 is 10.1 Å². The highest BCUT2D eigenvalue weighted by molar-refractivity contribution is 7.16. The largest absolute Gasteiger partial charge is 0.496 e. The van der Waals surface area contributed by atoms with Gasteiger partial charge >= 0.3 is 0 Å². The van der Waals surface area contributed by atoms with Gasteiger partial charge in [0.1, 0.15) is 17.9 Å². The maximum Gasteiger partial charge on any atom is 0.141 e. The van der Waals surface area contributed by atoms with E-state index in [9.17, 15) is 0 Å². The Morgan fingerprint density at radius 3 is 2.64 bits per heavy atom. The van der Waals surface area contributed by atoms with Crippen molar-refractivity contribution in [3.05, 3.63) is 47.7 Å². The number of benzene rings is 2. The zero-order valence-electron chi connectivity index (χ0n) is 14.7. The van der Waals surface area contributed by atoms with E-state index in [2.05, 4.69) is 26.3 Å². The number of thiazole rings is 1. The molecule has 2 aromatic carbocycles. The molecule has 0 radical (unpaired) electrons. The van der Waals surface area contributed by atoms with Crippen LogP contribution in [0.3, 0.4) is 0 Å². The molecule has 0 amide bonds. The molecule has 0 unspecified atom stereocenters. The molecule has 2 heterocycles. The van der Waals surface area contributed by atoms with Crippen LogP contribution >= 0.6 is 11.3 Å². The predicted molar refractivity (Wildman–Crippen MR) is 105 cm³/mol. The summed E-state index contributed by atoms with van der Waals surface area (Å²) in [6.45, 7) is 6.01. The SMILES string of the molecule is CC.COc1cc2ncnc(Nc3ccc4ncsc4c3)c2cc1C. The molecular weight excluding hydrogens is 332 g/mol. The Hall–Kier alpha value is -2.73. The molecule has 2 aromatic heterocycles. The first kappa shape index (κ1) is 17.1. The molecule has 0 aliphatic rings. The minimum Gasteiger partial charge on any atom is -0.496 e. The van der Waals surface area contributed by atoms with E-state index in [-0.39, 0.29) is 0 Å². The van der Waals surface area contributed by atoms with Gasteiger partial charge in [-0.25, -0.2) is 15.0 Å². The number of ether oxygens (including phenoxy) is 1. The number of rotatable bonds is 3. The van der Waals surface area contributed by atoms with Crippen LogP contribution in [-0.4, -0.2) is 22.1 Å². The third-order valence-electron chi connectivity index (χ3n) is 3.75. The number of nitrogens with one attached hydrogen (secondary N) is 1. The van der Waals surface area contributed by atoms with Crippen LogP contribution in [0.5, 0.6) is 5.75 Å². The van der Waals surface area contributed by atoms with Crippen molar-refractivity contribution in [2.24, 2.45) is 0 Å². The van der Waals surface area contributed by atoms with Crippen LogP contribution in [0, 0.1) is 6.92 Å². The summed E-state index contributed by atoms with van der Waals surface area (Å²) in [7, 11) is 1.67. The van der Waals surface area contributed by atoms with E-state index in [1.165, 1.54) is 0 Å². The molecule has 0 saturated heterocycles. The zero-order chi connectivity index (χ0) is 17.8. The quantitative estimate of drug-likeness (QED) is 0.540. The summed E-state index contributed by atoms with van der Waals surface area (Å²) < 4.78 is 6.51. The van der Waals surface area contributed by atoms with Crippen LogP contribution in [0.2, 0.25) is 0 Å². The standard InChI is InChI=1S/C17H14N4OS.C2H6/c1-10-5-12-14(7-15(10)22-2)18-8-19-17(12)21-11-3-4-13-16(6-11)23-9-20-13;1-2/h3-9H,1-2H3,(H,18,19,21);1-2H3. The second kappa shape index (κ2) is 7.44. The fourth-order valence-corrected chi connectivity index (χ4v) is 3.30. The Bertz CT molecular complexity index is 1010. The number of aromatic nitrogens is 3. The van der Waals surface area contributed by atoms with E-state index in [0.717, 1.165) is 43.9 Å². The summed E-state index contributed by atoms with van der Waals surface area (Å²) in [6, 6.07) is 10.1. The highest BCUT2D eigenvalue weighted by Crippen LogP contribution is 2.30. The van der Waals surface area contributed by atoms with E-state index in [0.29, 0.717) is 0 Å². The Labute approximate surface area is 150 Å². The van der Waals surface area contributed by atoms with Gasteiger partial charge < -0.3 is 10.1 Å². The molecule has 0 fully saturated rings. The lowest BCUT2D eigenvalue weighted by molar-refractivity contribution is 0.412. The average molecular weight is 352 g/mol. The number of methoxy groups -OCH3 is 1. The highest BCUT2D eigenvalue weighted by Gasteiger charge is 2.09. The molecule has 1 N–H and O–H groups in total. The van der Waals surface area contributed by atoms with Crippen molar-refractivity contribution in [1.82, 2.24) is 15.0 Å². The van der Waals surface area contributed by atoms with Crippen LogP contribution in [0.25, 0.3) is 21.1 Å². The van der Waals surface area contributed by atoms with Gasteiger partial charge in [-0.3, -0.25) is 0 Å². The van der Waals surface area contributed by atoms with Gasteiger partial charge in [0.15, 0.2) is 0 Å². The Balaban J connectivity index is 0.000000880. The van der Waals surface area contributed by atoms with Crippen molar-refractivity contribution in [1.29, 1.82) is 0 Å². The molecule has 0 spiro atoms. The molecule has 6 heteroatoms. The molecule has 0 saturated carbocycles. The van der Waals surface area contributed by atoms with Gasteiger partial charge in [0.05, 0.1) is 28.4 Å². The normalized spacial score (nSPS) is 10.4. The van der Waals surface area contributed by atoms with E-state index >= 15 is 0 Å². The van der Waals surface area contributed by atoms with Crippen molar-refractivity contribution in [2.75, 3.05) is 12.4 Å². The lowest BCUT2D eigenvalue weighted by Gasteiger charge is -2.11. The number of anilines is 2. The molecule has 4 aromatic rings. The molecule has 128 valence electrons. The van der Waals surface area contributed by atoms with E-state index < -0.39 is 0 Å². The molecule has 0 aliphatic heterocycles. The molecular formula is C19H20N4OS. The second-order valence-corrected chi connectivity index (χ2v) is 6.11. The number of hydrogen-bond acceptors (Lipinski definition) is 6. The Kier molecular flexibility index (Phi) is 5.09. The number of hydrogen-bond donors (Lipinski definition) is 1. The molecule has 25 heavy (non-hydrogen) atoms. The summed E-state index contributed by atoms with van der Waals surface area (Å²) in [5.41, 5.74) is 5.74. The zero-order valence-corrected chi connectivity index (χ0v) is 15.5. The fourth-order valence-electron chi connectivity index (χ4n) is 2.58. The second-order valence-electron chi connectivity index (χ2n) is 5.22. The van der Waals surface area contributed by atoms with Crippen molar-refractivity contribution in [2.45, 2.75) is 20.8 Å². The minimum absolute atomic E-state index is 0.782. The molecule has 0 atom stereocenters. The lowest BCUT2D eigenvalue weighted by atomic mass is 10.1. The molecule has 0 bridgehead atoms. The van der Waals surface area contributed by atoms with E-state index in [1.807, 2.05) is 50.5 Å². The van der Waals surface area contributed by atoms with Gasteiger partial charge in [-0.15, -0.1) is 11.3 Å². The smallest absolute Gasteiger partial charge is 0.141 e. The first-order chi connectivity index (χ1) is 12.2. The highest BCUT2D eigenvalue weighted by atomic mass is 32.1. The van der Waals surface area contributed by atoms with Crippen molar-refractivity contribution in [3.8, 4) is 5.75 Å². The minimum atomic E-state index is 0.782. The topological polar surface area (TPSA) is 59.9 Å². The summed E-state index contributed by atoms with van der Waals surface area (Å²) in [6.07, 6.45) is 1.56. The predicted octanol–water partition coefficient (Wildman–Crippen LogP) is 5.33. The maximum atomic E-state index is 5.36. The maximum absolute atomic E-state index is 5.36. The van der Waals surface area contributed by atoms with Gasteiger partial charge in [0.2, 0.25) is 0 Å². The van der Waals surface area contributed by atoms with Crippen LogP contribution in [0.4, 0.5) is 11.5 Å². The van der Waals surface area contributed by atoms with E-state index in [1.54, 1.807) is 24.8 Å². The van der Waals surface area contributed by atoms with Crippen molar-refractivity contribution < 1.29 is 4.74 Å². The Morgan fingerprint density at radius 1 is 1.00 bits per heavy atom. The van der Waals surface area contributed by atoms with Gasteiger partial charge in [-0.1, -0.05) is 13.8 Å². The third-order valence-corrected chi connectivity index (χ3v) is 4.54. The van der Waals surface area contributed by atoms with Gasteiger partial charge in [-0.05, 0) is 36.8 Å². The lowest BCUT2D eigenvalue weighted by Crippen LogP contribution is -1.97. The van der Waals surface area contributed by atoms with Gasteiger partial charge in [0, 0.05) is 17.1 Å². The Morgan fingerprint density at radius 2 is 1.84 bits per heavy atom. The number of nitrogens with zero attached hydrogens (tertiary/aromatic N) is 3. The van der Waals surface area contributed by atoms with Gasteiger partial charge in [-0.2, -0.15) is 0 Å². The van der Waals surface area contributed by atoms with Crippen LogP contribution in [0.15, 0.2) is 42.2 Å². The summed E-state index contributed by atoms with van der Waals surface area (Å²) >= 11 is 1.62. The first-order valence-corrected chi connectivity index (χ1v) is 9.02. The number of aryl methyl sites for hydroxylation is 1. The molecule has 4 rings (SSSR count). The fraction of sp³-hybridized carbons (Fsp3) is 0.211. The number of fused-ring (bicyclic) bond motifs is 2. The van der Waals surface area contributed by atoms with Crippen LogP contribution in [-0.2, 0) is 0 Å². The van der Waals surface area contributed by atoms with Crippen molar-refractivity contribution in [3.63, 3.8) is 0 Å². The molecule has 0 aliphatic carbocycles. The summed E-state index contributed by atoms with van der Waals surface area (Å²) in [5.74, 6) is 1.61. The third kappa shape index (κ3) is 3.39. The average Bonchev–Trinajstić information content (AvgIpc) is 3.11. The monoisotopic (exact) mass is 352 g/mol.